The number of nitrogens with two attached hydrogens (primary N) is 1. The van der Waals surface area contributed by atoms with E-state index in [1.54, 1.807) is 4.90 Å². The molecule has 2 bridgehead atoms. The molecular formula is C20H21F2N5O2. The summed E-state index contributed by atoms with van der Waals surface area (Å²) < 4.78 is 27.1. The smallest absolute Gasteiger partial charge is 0.244 e. The Kier molecular flexibility index (Phi) is 4.12. The summed E-state index contributed by atoms with van der Waals surface area (Å²) in [6.45, 7) is 0.715. The van der Waals surface area contributed by atoms with Gasteiger partial charge in [-0.25, -0.2) is 8.78 Å². The Labute approximate surface area is 166 Å². The molecule has 3 saturated heterocycles. The summed E-state index contributed by atoms with van der Waals surface area (Å²) in [5.74, 6) is -1.50. The average molecular weight is 401 g/mol. The lowest BCUT2D eigenvalue weighted by Gasteiger charge is -2.35. The Morgan fingerprint density at radius 1 is 1.24 bits per heavy atom. The van der Waals surface area contributed by atoms with Gasteiger partial charge in [0.05, 0.1) is 24.2 Å². The Morgan fingerprint density at radius 3 is 2.62 bits per heavy atom. The van der Waals surface area contributed by atoms with Crippen molar-refractivity contribution in [1.82, 2.24) is 9.80 Å². The molecule has 2 N–H and O–H groups in total. The molecule has 1 saturated carbocycles. The fraction of sp³-hybridized carbons (Fsp3) is 0.550. The minimum absolute atomic E-state index is 0.133. The Balaban J connectivity index is 1.26. The SMILES string of the molecule is N#C[C@@H]1CC2C[C@@H]2N1C(=O)[C@@H](N)CN1C[C@@H]2C[C@H]1C(=O)N2c1cc(F)cc(F)c1. The van der Waals surface area contributed by atoms with Crippen LogP contribution in [0.5, 0.6) is 0 Å². The van der Waals surface area contributed by atoms with Crippen LogP contribution in [0, 0.1) is 28.9 Å². The molecule has 4 aliphatic rings. The molecule has 3 heterocycles. The molecule has 4 fully saturated rings. The summed E-state index contributed by atoms with van der Waals surface area (Å²) in [6.07, 6.45) is 2.18. The van der Waals surface area contributed by atoms with E-state index in [1.807, 2.05) is 4.90 Å². The Hall–Kier alpha value is -2.57. The van der Waals surface area contributed by atoms with Crippen molar-refractivity contribution in [2.75, 3.05) is 18.0 Å². The van der Waals surface area contributed by atoms with Crippen molar-refractivity contribution in [2.24, 2.45) is 11.7 Å². The van der Waals surface area contributed by atoms with Crippen LogP contribution >= 0.6 is 0 Å². The maximum absolute atomic E-state index is 13.6. The lowest BCUT2D eigenvalue weighted by atomic mass is 10.1. The number of amides is 2. The van der Waals surface area contributed by atoms with Gasteiger partial charge in [-0.2, -0.15) is 5.26 Å². The fourth-order valence-corrected chi connectivity index (χ4v) is 5.29. The van der Waals surface area contributed by atoms with E-state index >= 15 is 0 Å². The van der Waals surface area contributed by atoms with Gasteiger partial charge in [0.2, 0.25) is 11.8 Å². The highest BCUT2D eigenvalue weighted by Crippen LogP contribution is 2.47. The number of rotatable bonds is 4. The number of likely N-dealkylation sites (tertiary alicyclic amines) is 2. The molecule has 1 unspecified atom stereocenters. The summed E-state index contributed by atoms with van der Waals surface area (Å²) in [5, 5.41) is 9.29. The molecule has 5 rings (SSSR count). The van der Waals surface area contributed by atoms with Gasteiger partial charge in [0, 0.05) is 30.9 Å². The number of nitriles is 1. The van der Waals surface area contributed by atoms with Gasteiger partial charge in [-0.05, 0) is 37.3 Å². The van der Waals surface area contributed by atoms with Crippen molar-refractivity contribution >= 4 is 17.5 Å². The van der Waals surface area contributed by atoms with Crippen LogP contribution < -0.4 is 10.6 Å². The number of piperazine rings is 1. The molecule has 7 nitrogen and oxygen atoms in total. The zero-order valence-corrected chi connectivity index (χ0v) is 15.7. The van der Waals surface area contributed by atoms with Gasteiger partial charge in [-0.3, -0.25) is 14.5 Å². The monoisotopic (exact) mass is 401 g/mol. The van der Waals surface area contributed by atoms with Gasteiger partial charge in [-0.1, -0.05) is 0 Å². The minimum Gasteiger partial charge on any atom is -0.322 e. The number of carbonyl (C=O) groups excluding carboxylic acids is 2. The number of hydrogen-bond acceptors (Lipinski definition) is 5. The van der Waals surface area contributed by atoms with Crippen LogP contribution in [0.1, 0.15) is 19.3 Å². The molecule has 3 aliphatic heterocycles. The van der Waals surface area contributed by atoms with Crippen LogP contribution in [-0.4, -0.2) is 64.9 Å². The summed E-state index contributed by atoms with van der Waals surface area (Å²) >= 11 is 0. The van der Waals surface area contributed by atoms with E-state index < -0.39 is 29.8 Å². The van der Waals surface area contributed by atoms with E-state index in [2.05, 4.69) is 6.07 Å². The van der Waals surface area contributed by atoms with Gasteiger partial charge in [-0.15, -0.1) is 0 Å². The van der Waals surface area contributed by atoms with Gasteiger partial charge in [0.1, 0.15) is 17.7 Å². The van der Waals surface area contributed by atoms with E-state index in [0.717, 1.165) is 24.6 Å². The second-order valence-electron chi connectivity index (χ2n) is 8.49. The van der Waals surface area contributed by atoms with Crippen molar-refractivity contribution in [3.05, 3.63) is 29.8 Å². The number of nitrogens with zero attached hydrogens (tertiary/aromatic N) is 4. The topological polar surface area (TPSA) is 93.7 Å². The molecule has 29 heavy (non-hydrogen) atoms. The van der Waals surface area contributed by atoms with Gasteiger partial charge >= 0.3 is 0 Å². The third-order valence-electron chi connectivity index (χ3n) is 6.65. The number of benzene rings is 1. The van der Waals surface area contributed by atoms with Crippen molar-refractivity contribution in [1.29, 1.82) is 5.26 Å². The van der Waals surface area contributed by atoms with E-state index in [0.29, 0.717) is 25.3 Å². The normalized spacial score (nSPS) is 33.7. The molecule has 9 heteroatoms. The zero-order chi connectivity index (χ0) is 20.4. The van der Waals surface area contributed by atoms with Crippen LogP contribution in [0.15, 0.2) is 18.2 Å². The zero-order valence-electron chi connectivity index (χ0n) is 15.7. The van der Waals surface area contributed by atoms with Crippen LogP contribution in [-0.2, 0) is 9.59 Å². The molecule has 1 aliphatic carbocycles. The maximum atomic E-state index is 13.6. The number of fused-ring (bicyclic) bond motifs is 3. The van der Waals surface area contributed by atoms with Gasteiger partial charge in [0.25, 0.3) is 0 Å². The number of carbonyl (C=O) groups is 2. The number of piperidine rings is 1. The summed E-state index contributed by atoms with van der Waals surface area (Å²) in [6, 6.07) is 3.52. The quantitative estimate of drug-likeness (QED) is 0.797. The third-order valence-corrected chi connectivity index (χ3v) is 6.65. The predicted octanol–water partition coefficient (Wildman–Crippen LogP) is 0.595. The Morgan fingerprint density at radius 2 is 1.97 bits per heavy atom. The predicted molar refractivity (Wildman–Crippen MR) is 98.3 cm³/mol. The van der Waals surface area contributed by atoms with Crippen LogP contribution in [0.3, 0.4) is 0 Å². The van der Waals surface area contributed by atoms with Crippen molar-refractivity contribution in [3.8, 4) is 6.07 Å². The minimum atomic E-state index is -0.808. The highest BCUT2D eigenvalue weighted by Gasteiger charge is 2.55. The summed E-state index contributed by atoms with van der Waals surface area (Å²) in [7, 11) is 0. The molecule has 0 spiro atoms. The first-order valence-corrected chi connectivity index (χ1v) is 9.88. The van der Waals surface area contributed by atoms with E-state index in [-0.39, 0.29) is 36.1 Å². The van der Waals surface area contributed by atoms with E-state index in [9.17, 15) is 23.6 Å². The number of hydrogen-bond donors (Lipinski definition) is 1. The highest BCUT2D eigenvalue weighted by molar-refractivity contribution is 6.01. The molecule has 1 aromatic carbocycles. The van der Waals surface area contributed by atoms with E-state index in [4.69, 9.17) is 5.73 Å². The first-order valence-electron chi connectivity index (χ1n) is 9.88. The molecule has 2 amide bonds. The third kappa shape index (κ3) is 2.90. The van der Waals surface area contributed by atoms with Crippen LogP contribution in [0.2, 0.25) is 0 Å². The summed E-state index contributed by atoms with van der Waals surface area (Å²) in [5.41, 5.74) is 6.39. The first-order chi connectivity index (χ1) is 13.9. The fourth-order valence-electron chi connectivity index (χ4n) is 5.29. The molecule has 152 valence electrons. The maximum Gasteiger partial charge on any atom is 0.244 e. The second kappa shape index (κ2) is 6.47. The largest absolute Gasteiger partial charge is 0.322 e. The molecule has 6 atom stereocenters. The number of halogens is 2. The molecular weight excluding hydrogens is 380 g/mol. The summed E-state index contributed by atoms with van der Waals surface area (Å²) in [4.78, 5) is 30.6. The average Bonchev–Trinajstić information content (AvgIpc) is 3.01. The van der Waals surface area contributed by atoms with Crippen LogP contribution in [0.25, 0.3) is 0 Å². The molecule has 0 aromatic heterocycles. The first kappa shape index (κ1) is 18.5. The molecule has 1 aromatic rings. The number of anilines is 1. The highest BCUT2D eigenvalue weighted by atomic mass is 19.1. The Bertz CT molecular complexity index is 914. The lowest BCUT2D eigenvalue weighted by molar-refractivity contribution is -0.135. The van der Waals surface area contributed by atoms with E-state index in [1.165, 1.54) is 4.90 Å². The van der Waals surface area contributed by atoms with Crippen molar-refractivity contribution < 1.29 is 18.4 Å². The van der Waals surface area contributed by atoms with Gasteiger partial charge < -0.3 is 15.5 Å². The van der Waals surface area contributed by atoms with Crippen LogP contribution in [0.4, 0.5) is 14.5 Å². The van der Waals surface area contributed by atoms with Crippen molar-refractivity contribution in [3.63, 3.8) is 0 Å². The molecule has 0 radical (unpaired) electrons. The van der Waals surface area contributed by atoms with Gasteiger partial charge in [0.15, 0.2) is 0 Å². The second-order valence-corrected chi connectivity index (χ2v) is 8.49. The van der Waals surface area contributed by atoms with Crippen molar-refractivity contribution in [2.45, 2.75) is 49.5 Å². The lowest BCUT2D eigenvalue weighted by Crippen LogP contribution is -2.57. The standard InChI is InChI=1S/C20H21F2N5O2/c21-11-3-12(22)5-13(4-11)26-15-6-18(20(26)29)25(8-15)9-16(24)19(28)27-14(7-23)1-10-2-17(10)27/h3-5,10,14-18H,1-2,6,8-9,24H2/t10?,14-,15-,16-,17-,18-/m0/s1.